The van der Waals surface area contributed by atoms with Gasteiger partial charge in [0.25, 0.3) is 0 Å². The Balaban J connectivity index is 1.73. The van der Waals surface area contributed by atoms with Crippen LogP contribution in [0.25, 0.3) is 0 Å². The molecule has 2 heterocycles. The fourth-order valence-corrected chi connectivity index (χ4v) is 2.93. The van der Waals surface area contributed by atoms with Gasteiger partial charge in [-0.15, -0.1) is 0 Å². The van der Waals surface area contributed by atoms with E-state index in [1.165, 1.54) is 25.8 Å². The van der Waals surface area contributed by atoms with Crippen LogP contribution in [0.2, 0.25) is 0 Å². The molecule has 0 aromatic rings. The van der Waals surface area contributed by atoms with Gasteiger partial charge in [-0.3, -0.25) is 9.69 Å². The highest BCUT2D eigenvalue weighted by Gasteiger charge is 2.29. The molecule has 4 nitrogen and oxygen atoms in total. The molecular weight excluding hydrogens is 202 g/mol. The molecule has 0 radical (unpaired) electrons. The Bertz CT molecular complexity index is 238. The predicted molar refractivity (Wildman–Crippen MR) is 64.0 cm³/mol. The monoisotopic (exact) mass is 225 g/mol. The van der Waals surface area contributed by atoms with E-state index in [2.05, 4.69) is 10.2 Å². The average Bonchev–Trinajstić information content (AvgIpc) is 2.76. The van der Waals surface area contributed by atoms with Gasteiger partial charge in [0.15, 0.2) is 0 Å². The van der Waals surface area contributed by atoms with Crippen molar-refractivity contribution >= 4 is 5.91 Å². The molecule has 2 aliphatic heterocycles. The summed E-state index contributed by atoms with van der Waals surface area (Å²) >= 11 is 0. The quantitative estimate of drug-likeness (QED) is 0.725. The van der Waals surface area contributed by atoms with Gasteiger partial charge < -0.3 is 11.1 Å². The summed E-state index contributed by atoms with van der Waals surface area (Å²) in [5.41, 5.74) is 5.40. The van der Waals surface area contributed by atoms with Crippen molar-refractivity contribution in [2.45, 2.75) is 38.1 Å². The number of carbonyl (C=O) groups is 1. The van der Waals surface area contributed by atoms with Crippen LogP contribution in [-0.4, -0.2) is 43.0 Å². The van der Waals surface area contributed by atoms with E-state index in [4.69, 9.17) is 5.73 Å². The second-order valence-corrected chi connectivity index (χ2v) is 5.10. The minimum absolute atomic E-state index is 0.0107. The summed E-state index contributed by atoms with van der Waals surface area (Å²) in [4.78, 5) is 13.5. The zero-order valence-electron chi connectivity index (χ0n) is 9.95. The van der Waals surface area contributed by atoms with E-state index in [0.717, 1.165) is 38.4 Å². The van der Waals surface area contributed by atoms with Gasteiger partial charge in [-0.1, -0.05) is 0 Å². The number of nitrogens with one attached hydrogen (secondary N) is 1. The van der Waals surface area contributed by atoms with Gasteiger partial charge in [-0.05, 0) is 64.2 Å². The maximum absolute atomic E-state index is 11.2. The van der Waals surface area contributed by atoms with Crippen molar-refractivity contribution in [2.75, 3.05) is 26.2 Å². The summed E-state index contributed by atoms with van der Waals surface area (Å²) in [5, 5.41) is 3.43. The van der Waals surface area contributed by atoms with Crippen LogP contribution in [0, 0.1) is 5.92 Å². The van der Waals surface area contributed by atoms with Crippen LogP contribution in [0.4, 0.5) is 0 Å². The van der Waals surface area contributed by atoms with E-state index >= 15 is 0 Å². The van der Waals surface area contributed by atoms with Crippen LogP contribution < -0.4 is 11.1 Å². The second kappa shape index (κ2) is 5.64. The van der Waals surface area contributed by atoms with Crippen molar-refractivity contribution in [3.05, 3.63) is 0 Å². The van der Waals surface area contributed by atoms with E-state index in [9.17, 15) is 4.79 Å². The largest absolute Gasteiger partial charge is 0.368 e. The van der Waals surface area contributed by atoms with Gasteiger partial charge in [0.2, 0.25) is 5.91 Å². The molecule has 0 aliphatic carbocycles. The minimum Gasteiger partial charge on any atom is -0.368 e. The Morgan fingerprint density at radius 1 is 1.38 bits per heavy atom. The van der Waals surface area contributed by atoms with E-state index in [-0.39, 0.29) is 11.9 Å². The Kier molecular flexibility index (Phi) is 4.18. The van der Waals surface area contributed by atoms with Gasteiger partial charge in [0.1, 0.15) is 0 Å². The van der Waals surface area contributed by atoms with Crippen molar-refractivity contribution in [1.82, 2.24) is 10.2 Å². The van der Waals surface area contributed by atoms with E-state index < -0.39 is 0 Å². The maximum Gasteiger partial charge on any atom is 0.234 e. The van der Waals surface area contributed by atoms with Crippen LogP contribution in [0.3, 0.4) is 0 Å². The number of nitrogens with two attached hydrogens (primary N) is 1. The lowest BCUT2D eigenvalue weighted by Gasteiger charge is -2.27. The van der Waals surface area contributed by atoms with Crippen LogP contribution >= 0.6 is 0 Å². The van der Waals surface area contributed by atoms with Crippen molar-refractivity contribution < 1.29 is 4.79 Å². The summed E-state index contributed by atoms with van der Waals surface area (Å²) in [5.74, 6) is 0.655. The average molecular weight is 225 g/mol. The van der Waals surface area contributed by atoms with E-state index in [1.54, 1.807) is 0 Å². The number of hydrogen-bond acceptors (Lipinski definition) is 3. The number of amides is 1. The summed E-state index contributed by atoms with van der Waals surface area (Å²) in [7, 11) is 0. The molecule has 2 fully saturated rings. The normalized spacial score (nSPS) is 31.8. The molecule has 0 aromatic carbocycles. The second-order valence-electron chi connectivity index (χ2n) is 5.10. The SMILES string of the molecule is NC(=O)C1CCCN1CCC1CCCNC1. The van der Waals surface area contributed by atoms with Gasteiger partial charge in [-0.2, -0.15) is 0 Å². The van der Waals surface area contributed by atoms with Crippen LogP contribution in [0.1, 0.15) is 32.1 Å². The lowest BCUT2D eigenvalue weighted by Crippen LogP contribution is -2.41. The summed E-state index contributed by atoms with van der Waals surface area (Å²) in [6.45, 7) is 4.41. The van der Waals surface area contributed by atoms with Gasteiger partial charge in [0.05, 0.1) is 6.04 Å². The molecular formula is C12H23N3O. The molecule has 2 rings (SSSR count). The number of carbonyl (C=O) groups excluding carboxylic acids is 1. The first kappa shape index (κ1) is 11.9. The first-order valence-corrected chi connectivity index (χ1v) is 6.51. The third-order valence-corrected chi connectivity index (χ3v) is 3.92. The van der Waals surface area contributed by atoms with E-state index in [1.807, 2.05) is 0 Å². The molecule has 1 amide bonds. The standard InChI is InChI=1S/C12H23N3O/c13-12(16)11-4-2-7-15(11)8-5-10-3-1-6-14-9-10/h10-11,14H,1-9H2,(H2,13,16). The molecule has 2 atom stereocenters. The van der Waals surface area contributed by atoms with E-state index in [0.29, 0.717) is 0 Å². The lowest BCUT2D eigenvalue weighted by molar-refractivity contribution is -0.122. The van der Waals surface area contributed by atoms with Gasteiger partial charge in [0, 0.05) is 0 Å². The number of rotatable bonds is 4. The topological polar surface area (TPSA) is 58.4 Å². The van der Waals surface area contributed by atoms with Crippen LogP contribution in [-0.2, 0) is 4.79 Å². The molecule has 0 aromatic heterocycles. The van der Waals surface area contributed by atoms with Gasteiger partial charge in [-0.25, -0.2) is 0 Å². The Labute approximate surface area is 97.6 Å². The zero-order valence-corrected chi connectivity index (χ0v) is 9.95. The lowest BCUT2D eigenvalue weighted by atomic mass is 9.96. The van der Waals surface area contributed by atoms with Crippen molar-refractivity contribution in [3.63, 3.8) is 0 Å². The first-order valence-electron chi connectivity index (χ1n) is 6.51. The van der Waals surface area contributed by atoms with Gasteiger partial charge >= 0.3 is 0 Å². The Hall–Kier alpha value is -0.610. The molecule has 3 N–H and O–H groups in total. The number of nitrogens with zero attached hydrogens (tertiary/aromatic N) is 1. The Morgan fingerprint density at radius 3 is 2.94 bits per heavy atom. The van der Waals surface area contributed by atoms with Crippen molar-refractivity contribution in [1.29, 1.82) is 0 Å². The molecule has 92 valence electrons. The highest BCUT2D eigenvalue weighted by molar-refractivity contribution is 5.80. The number of likely N-dealkylation sites (tertiary alicyclic amines) is 1. The third kappa shape index (κ3) is 2.95. The third-order valence-electron chi connectivity index (χ3n) is 3.92. The zero-order chi connectivity index (χ0) is 11.4. The van der Waals surface area contributed by atoms with Crippen molar-refractivity contribution in [2.24, 2.45) is 11.7 Å². The molecule has 0 bridgehead atoms. The predicted octanol–water partition coefficient (Wildman–Crippen LogP) is 0.326. The highest BCUT2D eigenvalue weighted by atomic mass is 16.1. The molecule has 16 heavy (non-hydrogen) atoms. The molecule has 2 aliphatic rings. The number of primary amides is 1. The van der Waals surface area contributed by atoms with Crippen LogP contribution in [0.15, 0.2) is 0 Å². The number of hydrogen-bond donors (Lipinski definition) is 2. The molecule has 0 spiro atoms. The first-order chi connectivity index (χ1) is 7.77. The maximum atomic E-state index is 11.2. The molecule has 2 saturated heterocycles. The molecule has 2 unspecified atom stereocenters. The summed E-state index contributed by atoms with van der Waals surface area (Å²) in [6.07, 6.45) is 5.91. The number of piperidine rings is 1. The van der Waals surface area contributed by atoms with Crippen LogP contribution in [0.5, 0.6) is 0 Å². The Morgan fingerprint density at radius 2 is 2.25 bits per heavy atom. The smallest absolute Gasteiger partial charge is 0.234 e. The fourth-order valence-electron chi connectivity index (χ4n) is 2.93. The molecule has 0 saturated carbocycles. The molecule has 4 heteroatoms. The van der Waals surface area contributed by atoms with Crippen molar-refractivity contribution in [3.8, 4) is 0 Å². The summed E-state index contributed by atoms with van der Waals surface area (Å²) in [6, 6.07) is 0.0107. The minimum atomic E-state index is -0.140. The summed E-state index contributed by atoms with van der Waals surface area (Å²) < 4.78 is 0. The fraction of sp³-hybridized carbons (Fsp3) is 0.917. The highest BCUT2D eigenvalue weighted by Crippen LogP contribution is 2.20.